The fourth-order valence-electron chi connectivity index (χ4n) is 4.45. The molecule has 24 heavy (non-hydrogen) atoms. The summed E-state index contributed by atoms with van der Waals surface area (Å²) in [6.07, 6.45) is 14.7. The summed E-state index contributed by atoms with van der Waals surface area (Å²) in [4.78, 5) is 24.6. The summed E-state index contributed by atoms with van der Waals surface area (Å²) in [6, 6.07) is 0. The minimum absolute atomic E-state index is 0.00865. The Kier molecular flexibility index (Phi) is 6.56. The largest absolute Gasteiger partial charge is 0.462 e. The lowest BCUT2D eigenvalue weighted by molar-refractivity contribution is -0.162. The van der Waals surface area contributed by atoms with E-state index in [1.807, 2.05) is 0 Å². The summed E-state index contributed by atoms with van der Waals surface area (Å²) in [5.41, 5.74) is 0. The molecule has 136 valence electrons. The molecule has 0 aromatic rings. The minimum atomic E-state index is -0.0269. The van der Waals surface area contributed by atoms with Crippen LogP contribution in [-0.4, -0.2) is 24.1 Å². The Morgan fingerprint density at radius 3 is 1.17 bits per heavy atom. The molecule has 3 aliphatic rings. The molecule has 0 aromatic heterocycles. The standard InChI is InChI=1S/C20H32O4/c21-19(23-17-7-3-1-4-8-17)15-11-13-16(14-12-15)20(22)24-18-9-5-2-6-10-18/h15-18H,1-14H2. The predicted octanol–water partition coefficient (Wildman–Crippen LogP) is 4.54. The Balaban J connectivity index is 1.38. The average Bonchev–Trinajstić information content (AvgIpc) is 2.63. The Labute approximate surface area is 145 Å². The third kappa shape index (κ3) is 4.97. The smallest absolute Gasteiger partial charge is 0.309 e. The van der Waals surface area contributed by atoms with Gasteiger partial charge in [-0.05, 0) is 77.0 Å². The summed E-state index contributed by atoms with van der Waals surface area (Å²) >= 11 is 0. The second kappa shape index (κ2) is 8.87. The first-order valence-corrected chi connectivity index (χ1v) is 10.1. The lowest BCUT2D eigenvalue weighted by Crippen LogP contribution is -2.32. The van der Waals surface area contributed by atoms with Crippen molar-refractivity contribution in [3.8, 4) is 0 Å². The van der Waals surface area contributed by atoms with Crippen molar-refractivity contribution in [1.82, 2.24) is 0 Å². The first kappa shape index (κ1) is 17.8. The highest BCUT2D eigenvalue weighted by molar-refractivity contribution is 5.75. The van der Waals surface area contributed by atoms with Gasteiger partial charge in [0.2, 0.25) is 0 Å². The molecule has 0 atom stereocenters. The first-order chi connectivity index (χ1) is 11.7. The lowest BCUT2D eigenvalue weighted by atomic mass is 9.82. The summed E-state index contributed by atoms with van der Waals surface area (Å²) in [6.45, 7) is 0. The van der Waals surface area contributed by atoms with E-state index in [1.165, 1.54) is 38.5 Å². The van der Waals surface area contributed by atoms with Crippen molar-refractivity contribution in [1.29, 1.82) is 0 Å². The molecule has 3 aliphatic carbocycles. The summed E-state index contributed by atoms with van der Waals surface area (Å²) in [5.74, 6) is -0.0710. The summed E-state index contributed by atoms with van der Waals surface area (Å²) in [5, 5.41) is 0. The van der Waals surface area contributed by atoms with Gasteiger partial charge in [0.1, 0.15) is 12.2 Å². The van der Waals surface area contributed by atoms with Crippen LogP contribution < -0.4 is 0 Å². The molecule has 0 amide bonds. The van der Waals surface area contributed by atoms with E-state index in [0.717, 1.165) is 51.4 Å². The maximum absolute atomic E-state index is 12.3. The number of carbonyl (C=O) groups excluding carboxylic acids is 2. The fraction of sp³-hybridized carbons (Fsp3) is 0.900. The van der Waals surface area contributed by atoms with Crippen molar-refractivity contribution in [2.75, 3.05) is 0 Å². The highest BCUT2D eigenvalue weighted by Crippen LogP contribution is 2.32. The van der Waals surface area contributed by atoms with Crippen molar-refractivity contribution in [3.63, 3.8) is 0 Å². The summed E-state index contributed by atoms with van der Waals surface area (Å²) in [7, 11) is 0. The van der Waals surface area contributed by atoms with Crippen LogP contribution in [0.2, 0.25) is 0 Å². The summed E-state index contributed by atoms with van der Waals surface area (Å²) < 4.78 is 11.4. The zero-order valence-corrected chi connectivity index (χ0v) is 14.8. The lowest BCUT2D eigenvalue weighted by Gasteiger charge is -2.30. The van der Waals surface area contributed by atoms with Gasteiger partial charge in [0.05, 0.1) is 11.8 Å². The van der Waals surface area contributed by atoms with E-state index in [1.54, 1.807) is 0 Å². The zero-order chi connectivity index (χ0) is 16.8. The van der Waals surface area contributed by atoms with E-state index in [4.69, 9.17) is 9.47 Å². The molecule has 0 saturated heterocycles. The van der Waals surface area contributed by atoms with E-state index in [-0.39, 0.29) is 36.0 Å². The second-order valence-corrected chi connectivity index (χ2v) is 7.94. The maximum atomic E-state index is 12.3. The third-order valence-electron chi connectivity index (χ3n) is 6.06. The van der Waals surface area contributed by atoms with Gasteiger partial charge in [0.25, 0.3) is 0 Å². The van der Waals surface area contributed by atoms with Crippen molar-refractivity contribution in [3.05, 3.63) is 0 Å². The van der Waals surface area contributed by atoms with Crippen LogP contribution >= 0.6 is 0 Å². The van der Waals surface area contributed by atoms with Crippen molar-refractivity contribution in [2.45, 2.75) is 102 Å². The van der Waals surface area contributed by atoms with Gasteiger partial charge < -0.3 is 9.47 Å². The molecule has 0 heterocycles. The SMILES string of the molecule is O=C(OC1CCCCC1)C1CCC(C(=O)OC2CCCCC2)CC1. The number of rotatable bonds is 4. The normalized spacial score (nSPS) is 29.8. The quantitative estimate of drug-likeness (QED) is 0.707. The molecule has 0 aromatic carbocycles. The topological polar surface area (TPSA) is 52.6 Å². The molecule has 3 saturated carbocycles. The highest BCUT2D eigenvalue weighted by Gasteiger charge is 2.33. The van der Waals surface area contributed by atoms with Crippen LogP contribution in [0.3, 0.4) is 0 Å². The van der Waals surface area contributed by atoms with E-state index in [2.05, 4.69) is 0 Å². The average molecular weight is 336 g/mol. The van der Waals surface area contributed by atoms with Gasteiger partial charge in [-0.1, -0.05) is 12.8 Å². The molecule has 0 unspecified atom stereocenters. The van der Waals surface area contributed by atoms with Crippen molar-refractivity contribution in [2.24, 2.45) is 11.8 Å². The van der Waals surface area contributed by atoms with Gasteiger partial charge in [-0.15, -0.1) is 0 Å². The molecule has 0 N–H and O–H groups in total. The maximum Gasteiger partial charge on any atom is 0.309 e. The van der Waals surface area contributed by atoms with Crippen LogP contribution in [0, 0.1) is 11.8 Å². The Morgan fingerprint density at radius 2 is 0.833 bits per heavy atom. The molecule has 3 fully saturated rings. The number of esters is 2. The molecular weight excluding hydrogens is 304 g/mol. The zero-order valence-electron chi connectivity index (χ0n) is 14.8. The van der Waals surface area contributed by atoms with E-state index in [9.17, 15) is 9.59 Å². The van der Waals surface area contributed by atoms with Crippen LogP contribution in [0.15, 0.2) is 0 Å². The molecule has 0 aliphatic heterocycles. The second-order valence-electron chi connectivity index (χ2n) is 7.94. The highest BCUT2D eigenvalue weighted by atomic mass is 16.5. The van der Waals surface area contributed by atoms with Gasteiger partial charge in [0, 0.05) is 0 Å². The van der Waals surface area contributed by atoms with Crippen LogP contribution in [0.1, 0.15) is 89.9 Å². The molecule has 0 spiro atoms. The van der Waals surface area contributed by atoms with Crippen LogP contribution in [-0.2, 0) is 19.1 Å². The monoisotopic (exact) mass is 336 g/mol. The minimum Gasteiger partial charge on any atom is -0.462 e. The van der Waals surface area contributed by atoms with E-state index in [0.29, 0.717) is 0 Å². The molecule has 0 bridgehead atoms. The predicted molar refractivity (Wildman–Crippen MR) is 91.4 cm³/mol. The van der Waals surface area contributed by atoms with Crippen LogP contribution in [0.4, 0.5) is 0 Å². The van der Waals surface area contributed by atoms with Gasteiger partial charge >= 0.3 is 11.9 Å². The third-order valence-corrected chi connectivity index (χ3v) is 6.06. The number of carbonyl (C=O) groups is 2. The molecule has 3 rings (SSSR count). The van der Waals surface area contributed by atoms with E-state index < -0.39 is 0 Å². The molecule has 4 nitrogen and oxygen atoms in total. The fourth-order valence-corrected chi connectivity index (χ4v) is 4.45. The number of hydrogen-bond donors (Lipinski definition) is 0. The van der Waals surface area contributed by atoms with Crippen molar-refractivity contribution >= 4 is 11.9 Å². The molecule has 0 radical (unpaired) electrons. The molecule has 4 heteroatoms. The number of hydrogen-bond acceptors (Lipinski definition) is 4. The van der Waals surface area contributed by atoms with Crippen molar-refractivity contribution < 1.29 is 19.1 Å². The molecular formula is C20H32O4. The van der Waals surface area contributed by atoms with Crippen LogP contribution in [0.5, 0.6) is 0 Å². The first-order valence-electron chi connectivity index (χ1n) is 10.1. The van der Waals surface area contributed by atoms with Gasteiger partial charge in [-0.25, -0.2) is 0 Å². The Bertz CT molecular complexity index is 373. The van der Waals surface area contributed by atoms with Gasteiger partial charge in [0.15, 0.2) is 0 Å². The Hall–Kier alpha value is -1.06. The van der Waals surface area contributed by atoms with Crippen LogP contribution in [0.25, 0.3) is 0 Å². The Morgan fingerprint density at radius 1 is 0.500 bits per heavy atom. The van der Waals surface area contributed by atoms with E-state index >= 15 is 0 Å². The van der Waals surface area contributed by atoms with Gasteiger partial charge in [-0.2, -0.15) is 0 Å². The van der Waals surface area contributed by atoms with Gasteiger partial charge in [-0.3, -0.25) is 9.59 Å². The number of ether oxygens (including phenoxy) is 2.